The quantitative estimate of drug-likeness (QED) is 0.857. The molecule has 0 aliphatic heterocycles. The lowest BCUT2D eigenvalue weighted by molar-refractivity contribution is 0.0543. The number of carbonyl (C=O) groups excluding carboxylic acids is 1. The number of imidazole rings is 1. The van der Waals surface area contributed by atoms with Crippen LogP contribution in [0.4, 0.5) is 10.5 Å². The van der Waals surface area contributed by atoms with Crippen LogP contribution < -0.4 is 5.73 Å². The molecule has 0 aliphatic rings. The second-order valence-corrected chi connectivity index (χ2v) is 6.69. The summed E-state index contributed by atoms with van der Waals surface area (Å²) in [4.78, 5) is 16.6. The van der Waals surface area contributed by atoms with Crippen molar-refractivity contribution in [2.24, 2.45) is 5.92 Å². The molecule has 21 heavy (non-hydrogen) atoms. The molecule has 0 bridgehead atoms. The van der Waals surface area contributed by atoms with Crippen LogP contribution in [0.25, 0.3) is 11.0 Å². The van der Waals surface area contributed by atoms with Gasteiger partial charge in [0, 0.05) is 11.3 Å². The Morgan fingerprint density at radius 3 is 2.62 bits per heavy atom. The number of nitrogens with zero attached hydrogens (tertiary/aromatic N) is 2. The van der Waals surface area contributed by atoms with Crippen LogP contribution in [0.2, 0.25) is 0 Å². The molecule has 2 aromatic rings. The van der Waals surface area contributed by atoms with Crippen LogP contribution in [-0.2, 0) is 11.2 Å². The second kappa shape index (κ2) is 5.39. The van der Waals surface area contributed by atoms with Crippen molar-refractivity contribution in [1.82, 2.24) is 9.55 Å². The highest BCUT2D eigenvalue weighted by atomic mass is 16.6. The number of fused-ring (bicyclic) bond motifs is 1. The minimum absolute atomic E-state index is 0.426. The molecule has 0 atom stereocenters. The van der Waals surface area contributed by atoms with Crippen LogP contribution in [0, 0.1) is 5.92 Å². The first kappa shape index (κ1) is 15.4. The molecule has 0 radical (unpaired) electrons. The van der Waals surface area contributed by atoms with E-state index in [0.29, 0.717) is 11.6 Å². The van der Waals surface area contributed by atoms with E-state index in [1.165, 1.54) is 10.9 Å². The Bertz CT molecular complexity index is 666. The summed E-state index contributed by atoms with van der Waals surface area (Å²) in [6, 6.07) is 3.63. The van der Waals surface area contributed by atoms with E-state index in [4.69, 9.17) is 10.5 Å². The van der Waals surface area contributed by atoms with Gasteiger partial charge in [0.2, 0.25) is 0 Å². The van der Waals surface area contributed by atoms with Crippen LogP contribution in [0.5, 0.6) is 0 Å². The van der Waals surface area contributed by atoms with E-state index in [9.17, 15) is 4.79 Å². The molecule has 0 fully saturated rings. The molecule has 1 aromatic heterocycles. The van der Waals surface area contributed by atoms with Gasteiger partial charge in [-0.05, 0) is 45.2 Å². The van der Waals surface area contributed by atoms with Crippen LogP contribution in [0.1, 0.15) is 40.2 Å². The Labute approximate surface area is 125 Å². The third-order valence-corrected chi connectivity index (χ3v) is 3.06. The molecule has 114 valence electrons. The van der Waals surface area contributed by atoms with E-state index in [0.717, 1.165) is 23.0 Å². The lowest BCUT2D eigenvalue weighted by Gasteiger charge is -2.19. The van der Waals surface area contributed by atoms with Gasteiger partial charge in [0.1, 0.15) is 11.9 Å². The lowest BCUT2D eigenvalue weighted by Crippen LogP contribution is -2.26. The van der Waals surface area contributed by atoms with Crippen LogP contribution in [0.3, 0.4) is 0 Å². The summed E-state index contributed by atoms with van der Waals surface area (Å²) < 4.78 is 6.83. The van der Waals surface area contributed by atoms with E-state index in [2.05, 4.69) is 18.8 Å². The molecular formula is C16H23N3O2. The van der Waals surface area contributed by atoms with Gasteiger partial charge >= 0.3 is 6.09 Å². The van der Waals surface area contributed by atoms with Crippen molar-refractivity contribution in [2.75, 3.05) is 5.73 Å². The number of ether oxygens (including phenoxy) is 1. The smallest absolute Gasteiger partial charge is 0.420 e. The number of benzene rings is 1. The Kier molecular flexibility index (Phi) is 3.94. The number of carbonyl (C=O) groups is 1. The molecule has 1 aromatic carbocycles. The summed E-state index contributed by atoms with van der Waals surface area (Å²) in [5.41, 5.74) is 8.72. The summed E-state index contributed by atoms with van der Waals surface area (Å²) in [5.74, 6) is 0.463. The number of rotatable bonds is 2. The third kappa shape index (κ3) is 3.35. The van der Waals surface area contributed by atoms with Crippen LogP contribution >= 0.6 is 0 Å². The van der Waals surface area contributed by atoms with Crippen molar-refractivity contribution >= 4 is 22.8 Å². The summed E-state index contributed by atoms with van der Waals surface area (Å²) in [7, 11) is 0. The molecule has 5 heteroatoms. The topological polar surface area (TPSA) is 70.1 Å². The first-order valence-electron chi connectivity index (χ1n) is 7.17. The van der Waals surface area contributed by atoms with Crippen molar-refractivity contribution < 1.29 is 9.53 Å². The van der Waals surface area contributed by atoms with Crippen molar-refractivity contribution in [2.45, 2.75) is 46.6 Å². The molecule has 5 nitrogen and oxygen atoms in total. The summed E-state index contributed by atoms with van der Waals surface area (Å²) in [6.45, 7) is 9.77. The fraction of sp³-hybridized carbons (Fsp3) is 0.500. The molecule has 0 unspecified atom stereocenters. The summed E-state index contributed by atoms with van der Waals surface area (Å²) >= 11 is 0. The highest BCUT2D eigenvalue weighted by Gasteiger charge is 2.21. The van der Waals surface area contributed by atoms with E-state index < -0.39 is 11.7 Å². The maximum absolute atomic E-state index is 12.2. The standard InChI is InChI=1S/C16H23N3O2/c1-10(2)8-11-12(17)6-7-13-14(11)18-9-19(13)15(20)21-16(3,4)5/h6-7,9-10H,8,17H2,1-5H3. The predicted octanol–water partition coefficient (Wildman–Crippen LogP) is 3.60. The highest BCUT2D eigenvalue weighted by Crippen LogP contribution is 2.26. The zero-order valence-electron chi connectivity index (χ0n) is 13.3. The van der Waals surface area contributed by atoms with Gasteiger partial charge in [-0.25, -0.2) is 14.3 Å². The van der Waals surface area contributed by atoms with E-state index in [-0.39, 0.29) is 0 Å². The molecule has 0 saturated heterocycles. The van der Waals surface area contributed by atoms with Gasteiger partial charge in [0.05, 0.1) is 11.0 Å². The molecule has 0 amide bonds. The predicted molar refractivity (Wildman–Crippen MR) is 84.3 cm³/mol. The van der Waals surface area contributed by atoms with E-state index in [1.54, 1.807) is 0 Å². The normalized spacial score (nSPS) is 12.1. The molecule has 2 rings (SSSR count). The Morgan fingerprint density at radius 2 is 2.05 bits per heavy atom. The number of hydrogen-bond donors (Lipinski definition) is 1. The maximum atomic E-state index is 12.2. The SMILES string of the molecule is CC(C)Cc1c(N)ccc2c1ncn2C(=O)OC(C)(C)C. The molecule has 1 heterocycles. The number of anilines is 1. The van der Waals surface area contributed by atoms with Crippen LogP contribution in [0.15, 0.2) is 18.5 Å². The molecule has 0 spiro atoms. The number of nitrogens with two attached hydrogens (primary N) is 1. The number of aromatic nitrogens is 2. The lowest BCUT2D eigenvalue weighted by atomic mass is 10.00. The zero-order valence-corrected chi connectivity index (χ0v) is 13.3. The van der Waals surface area contributed by atoms with Gasteiger partial charge in [0.25, 0.3) is 0 Å². The monoisotopic (exact) mass is 289 g/mol. The maximum Gasteiger partial charge on any atom is 0.420 e. The zero-order chi connectivity index (χ0) is 15.8. The molecule has 0 saturated carbocycles. The van der Waals surface area contributed by atoms with Crippen molar-refractivity contribution in [3.05, 3.63) is 24.0 Å². The van der Waals surface area contributed by atoms with Gasteiger partial charge < -0.3 is 10.5 Å². The second-order valence-electron chi connectivity index (χ2n) is 6.69. The average molecular weight is 289 g/mol. The van der Waals surface area contributed by atoms with Crippen molar-refractivity contribution in [3.63, 3.8) is 0 Å². The average Bonchev–Trinajstić information content (AvgIpc) is 2.74. The molecule has 2 N–H and O–H groups in total. The minimum Gasteiger partial charge on any atom is -0.443 e. The van der Waals surface area contributed by atoms with Crippen LogP contribution in [-0.4, -0.2) is 21.2 Å². The Morgan fingerprint density at radius 1 is 1.38 bits per heavy atom. The van der Waals surface area contributed by atoms with E-state index >= 15 is 0 Å². The Hall–Kier alpha value is -2.04. The van der Waals surface area contributed by atoms with E-state index in [1.807, 2.05) is 32.9 Å². The van der Waals surface area contributed by atoms with Gasteiger partial charge in [0.15, 0.2) is 0 Å². The number of hydrogen-bond acceptors (Lipinski definition) is 4. The fourth-order valence-electron chi connectivity index (χ4n) is 2.24. The van der Waals surface area contributed by atoms with Crippen molar-refractivity contribution in [3.8, 4) is 0 Å². The molecule has 0 aliphatic carbocycles. The fourth-order valence-corrected chi connectivity index (χ4v) is 2.24. The van der Waals surface area contributed by atoms with Gasteiger partial charge in [-0.3, -0.25) is 0 Å². The molecular weight excluding hydrogens is 266 g/mol. The van der Waals surface area contributed by atoms with Gasteiger partial charge in [-0.1, -0.05) is 13.8 Å². The summed E-state index contributed by atoms with van der Waals surface area (Å²) in [6.07, 6.45) is 1.90. The highest BCUT2D eigenvalue weighted by molar-refractivity contribution is 5.90. The minimum atomic E-state index is -0.539. The largest absolute Gasteiger partial charge is 0.443 e. The third-order valence-electron chi connectivity index (χ3n) is 3.06. The summed E-state index contributed by atoms with van der Waals surface area (Å²) in [5, 5.41) is 0. The van der Waals surface area contributed by atoms with Gasteiger partial charge in [-0.15, -0.1) is 0 Å². The first-order chi connectivity index (χ1) is 9.69. The Balaban J connectivity index is 2.48. The number of nitrogen functional groups attached to an aromatic ring is 1. The first-order valence-corrected chi connectivity index (χ1v) is 7.17. The van der Waals surface area contributed by atoms with Crippen molar-refractivity contribution in [1.29, 1.82) is 0 Å². The van der Waals surface area contributed by atoms with Gasteiger partial charge in [-0.2, -0.15) is 0 Å².